The maximum Gasteiger partial charge on any atom is 0.256 e. The summed E-state index contributed by atoms with van der Waals surface area (Å²) in [6.07, 6.45) is 5.52. The highest BCUT2D eigenvalue weighted by atomic mass is 16.2. The van der Waals surface area contributed by atoms with Gasteiger partial charge < -0.3 is 14.7 Å². The molecule has 2 fully saturated rings. The number of hydrogen-bond acceptors (Lipinski definition) is 4. The first-order valence-corrected chi connectivity index (χ1v) is 11.9. The standard InChI is InChI=1S/C27H32N4O/c1-20-9-8-10-22(17-20)31-16-15-30(19-21(31)2)27(32)25-18-28-26(29-13-6-3-7-14-29)24-12-5-4-11-23(24)25/h4-5,8-12,17-18,21H,3,6-7,13-16,19H2,1-2H3/t21-/m1/s1. The molecular weight excluding hydrogens is 396 g/mol. The lowest BCUT2D eigenvalue weighted by Crippen LogP contribution is -2.53. The summed E-state index contributed by atoms with van der Waals surface area (Å²) in [6, 6.07) is 17.2. The van der Waals surface area contributed by atoms with Crippen molar-refractivity contribution in [3.63, 3.8) is 0 Å². The van der Waals surface area contributed by atoms with Crippen LogP contribution in [0.4, 0.5) is 11.5 Å². The highest BCUT2D eigenvalue weighted by molar-refractivity contribution is 6.09. The molecule has 32 heavy (non-hydrogen) atoms. The lowest BCUT2D eigenvalue weighted by atomic mass is 10.0. The number of amides is 1. The largest absolute Gasteiger partial charge is 0.365 e. The Hall–Kier alpha value is -3.08. The Balaban J connectivity index is 1.39. The van der Waals surface area contributed by atoms with Crippen molar-refractivity contribution in [1.29, 1.82) is 0 Å². The molecule has 0 bridgehead atoms. The van der Waals surface area contributed by atoms with Crippen LogP contribution >= 0.6 is 0 Å². The molecule has 5 nitrogen and oxygen atoms in total. The number of piperidine rings is 1. The molecule has 2 aliphatic heterocycles. The maximum atomic E-state index is 13.6. The van der Waals surface area contributed by atoms with E-state index in [-0.39, 0.29) is 11.9 Å². The first-order valence-electron chi connectivity index (χ1n) is 11.9. The van der Waals surface area contributed by atoms with Gasteiger partial charge in [-0.1, -0.05) is 36.4 Å². The summed E-state index contributed by atoms with van der Waals surface area (Å²) in [4.78, 5) is 25.2. The van der Waals surface area contributed by atoms with Crippen LogP contribution in [0.3, 0.4) is 0 Å². The van der Waals surface area contributed by atoms with Gasteiger partial charge in [0.1, 0.15) is 5.82 Å². The first kappa shape index (κ1) is 20.8. The van der Waals surface area contributed by atoms with E-state index in [2.05, 4.69) is 66.1 Å². The van der Waals surface area contributed by atoms with E-state index in [9.17, 15) is 4.79 Å². The molecular formula is C27H32N4O. The van der Waals surface area contributed by atoms with Crippen molar-refractivity contribution < 1.29 is 4.79 Å². The second-order valence-electron chi connectivity index (χ2n) is 9.22. The van der Waals surface area contributed by atoms with E-state index >= 15 is 0 Å². The Bertz CT molecular complexity index is 1120. The van der Waals surface area contributed by atoms with Crippen LogP contribution in [0.2, 0.25) is 0 Å². The fraction of sp³-hybridized carbons (Fsp3) is 0.407. The number of piperazine rings is 1. The summed E-state index contributed by atoms with van der Waals surface area (Å²) in [6.45, 7) is 8.70. The molecule has 2 aromatic carbocycles. The third-order valence-electron chi connectivity index (χ3n) is 6.91. The molecule has 3 aromatic rings. The van der Waals surface area contributed by atoms with Gasteiger partial charge in [-0.25, -0.2) is 4.98 Å². The van der Waals surface area contributed by atoms with Gasteiger partial charge in [0.15, 0.2) is 0 Å². The van der Waals surface area contributed by atoms with Gasteiger partial charge >= 0.3 is 0 Å². The van der Waals surface area contributed by atoms with E-state index in [1.807, 2.05) is 17.2 Å². The van der Waals surface area contributed by atoms with Crippen molar-refractivity contribution >= 4 is 28.2 Å². The molecule has 5 heteroatoms. The molecule has 1 aromatic heterocycles. The molecule has 1 amide bonds. The fourth-order valence-electron chi connectivity index (χ4n) is 5.21. The number of fused-ring (bicyclic) bond motifs is 1. The van der Waals surface area contributed by atoms with Crippen LogP contribution in [0.15, 0.2) is 54.7 Å². The summed E-state index contributed by atoms with van der Waals surface area (Å²) >= 11 is 0. The number of pyridine rings is 1. The lowest BCUT2D eigenvalue weighted by molar-refractivity contribution is 0.0728. The van der Waals surface area contributed by atoms with Crippen molar-refractivity contribution in [3.05, 3.63) is 65.9 Å². The van der Waals surface area contributed by atoms with Crippen LogP contribution in [0, 0.1) is 6.92 Å². The minimum Gasteiger partial charge on any atom is -0.365 e. The molecule has 2 aliphatic rings. The molecule has 0 spiro atoms. The minimum absolute atomic E-state index is 0.0923. The number of carbonyl (C=O) groups is 1. The number of hydrogen-bond donors (Lipinski definition) is 0. The number of rotatable bonds is 3. The Labute approximate surface area is 190 Å². The zero-order valence-electron chi connectivity index (χ0n) is 19.1. The normalized spacial score (nSPS) is 19.4. The van der Waals surface area contributed by atoms with Crippen molar-refractivity contribution in [1.82, 2.24) is 9.88 Å². The molecule has 166 valence electrons. The van der Waals surface area contributed by atoms with Crippen molar-refractivity contribution in [3.8, 4) is 0 Å². The van der Waals surface area contributed by atoms with Crippen molar-refractivity contribution in [2.24, 2.45) is 0 Å². The summed E-state index contributed by atoms with van der Waals surface area (Å²) in [5.74, 6) is 1.11. The Morgan fingerprint density at radius 2 is 1.72 bits per heavy atom. The van der Waals surface area contributed by atoms with Gasteiger partial charge in [-0.3, -0.25) is 4.79 Å². The number of anilines is 2. The van der Waals surface area contributed by atoms with Crippen LogP contribution in [-0.2, 0) is 0 Å². The molecule has 0 radical (unpaired) electrons. The highest BCUT2D eigenvalue weighted by Gasteiger charge is 2.29. The van der Waals surface area contributed by atoms with E-state index < -0.39 is 0 Å². The third kappa shape index (κ3) is 3.92. The van der Waals surface area contributed by atoms with Crippen molar-refractivity contribution in [2.75, 3.05) is 42.5 Å². The first-order chi connectivity index (χ1) is 15.6. The second-order valence-corrected chi connectivity index (χ2v) is 9.22. The zero-order valence-corrected chi connectivity index (χ0v) is 19.1. The van der Waals surface area contributed by atoms with Gasteiger partial charge in [-0.05, 0) is 56.2 Å². The summed E-state index contributed by atoms with van der Waals surface area (Å²) in [5.41, 5.74) is 3.22. The summed E-state index contributed by atoms with van der Waals surface area (Å²) < 4.78 is 0. The lowest BCUT2D eigenvalue weighted by Gasteiger charge is -2.41. The average molecular weight is 429 g/mol. The Kier molecular flexibility index (Phi) is 5.73. The van der Waals surface area contributed by atoms with Gasteiger partial charge in [0.05, 0.1) is 5.56 Å². The van der Waals surface area contributed by atoms with E-state index in [1.54, 1.807) is 0 Å². The predicted octanol–water partition coefficient (Wildman–Crippen LogP) is 4.88. The van der Waals surface area contributed by atoms with Crippen LogP contribution in [-0.4, -0.2) is 54.6 Å². The van der Waals surface area contributed by atoms with E-state index in [0.717, 1.165) is 54.9 Å². The Morgan fingerprint density at radius 3 is 2.47 bits per heavy atom. The molecule has 3 heterocycles. The van der Waals surface area contributed by atoms with E-state index in [0.29, 0.717) is 0 Å². The molecule has 0 N–H and O–H groups in total. The second kappa shape index (κ2) is 8.81. The molecule has 5 rings (SSSR count). The van der Waals surface area contributed by atoms with Gasteiger partial charge in [-0.15, -0.1) is 0 Å². The topological polar surface area (TPSA) is 39.7 Å². The van der Waals surface area contributed by atoms with Crippen LogP contribution < -0.4 is 9.80 Å². The number of aromatic nitrogens is 1. The molecule has 2 saturated heterocycles. The fourth-order valence-corrected chi connectivity index (χ4v) is 5.21. The number of aryl methyl sites for hydroxylation is 1. The molecule has 0 aliphatic carbocycles. The van der Waals surface area contributed by atoms with Crippen molar-refractivity contribution in [2.45, 2.75) is 39.2 Å². The zero-order chi connectivity index (χ0) is 22.1. The quantitative estimate of drug-likeness (QED) is 0.596. The number of carbonyl (C=O) groups excluding carboxylic acids is 1. The third-order valence-corrected chi connectivity index (χ3v) is 6.91. The highest BCUT2D eigenvalue weighted by Crippen LogP contribution is 2.30. The van der Waals surface area contributed by atoms with E-state index in [4.69, 9.17) is 4.98 Å². The SMILES string of the molecule is Cc1cccc(N2CCN(C(=O)c3cnc(N4CCCCC4)c4ccccc34)C[C@H]2C)c1. The van der Waals surface area contributed by atoms with Gasteiger partial charge in [0.2, 0.25) is 0 Å². The van der Waals surface area contributed by atoms with Gasteiger partial charge in [0.25, 0.3) is 5.91 Å². The molecule has 0 saturated carbocycles. The van der Waals surface area contributed by atoms with E-state index in [1.165, 1.54) is 30.5 Å². The molecule has 1 atom stereocenters. The smallest absolute Gasteiger partial charge is 0.256 e. The van der Waals surface area contributed by atoms with Gasteiger partial charge in [-0.2, -0.15) is 0 Å². The van der Waals surface area contributed by atoms with Crippen LogP contribution in [0.25, 0.3) is 10.8 Å². The summed E-state index contributed by atoms with van der Waals surface area (Å²) in [7, 11) is 0. The summed E-state index contributed by atoms with van der Waals surface area (Å²) in [5, 5.41) is 2.11. The van der Waals surface area contributed by atoms with Gasteiger partial charge in [0, 0.05) is 56.0 Å². The number of nitrogens with zero attached hydrogens (tertiary/aromatic N) is 4. The monoisotopic (exact) mass is 428 g/mol. The van der Waals surface area contributed by atoms with Crippen LogP contribution in [0.5, 0.6) is 0 Å². The molecule has 0 unspecified atom stereocenters. The minimum atomic E-state index is 0.0923. The Morgan fingerprint density at radius 1 is 0.938 bits per heavy atom. The maximum absolute atomic E-state index is 13.6. The predicted molar refractivity (Wildman–Crippen MR) is 132 cm³/mol. The number of benzene rings is 2. The van der Waals surface area contributed by atoms with Crippen LogP contribution in [0.1, 0.15) is 42.1 Å². The average Bonchev–Trinajstić information content (AvgIpc) is 2.83.